The van der Waals surface area contributed by atoms with E-state index >= 15 is 4.39 Å². The molecule has 6 atom stereocenters. The fourth-order valence-corrected chi connectivity index (χ4v) is 5.20. The molecule has 1 saturated heterocycles. The molecule has 16 heteroatoms. The fourth-order valence-electron chi connectivity index (χ4n) is 3.69. The molecule has 1 fully saturated rings. The van der Waals surface area contributed by atoms with Crippen LogP contribution < -0.4 is 20.9 Å². The lowest BCUT2D eigenvalue weighted by Gasteiger charge is -2.29. The summed E-state index contributed by atoms with van der Waals surface area (Å²) in [6.45, 7) is 6.11. The summed E-state index contributed by atoms with van der Waals surface area (Å²) in [5, 5.41) is 11.6. The minimum Gasteiger partial charge on any atom is -0.480 e. The van der Waals surface area contributed by atoms with E-state index in [0.717, 1.165) is 23.8 Å². The van der Waals surface area contributed by atoms with Gasteiger partial charge in [0.25, 0.3) is 5.56 Å². The number of aromatic amines is 1. The standard InChI is InChI=1S/C24H31FN3O11P/c1-14(19(30)31)27-40(34,39-15-9-7-6-8-10-15)35-13-16-18(37-22(33)38-23(2,3)4)24(5,25)20(36-16)28-12-11-17(29)26-21(28)32/h6-12,14,16,18,20H,13H2,1-5H3,(H,27,34)(H,30,31)(H,26,29,32)/t14-,16+,18+,20+,24+,40-/m0/s1. The van der Waals surface area contributed by atoms with Gasteiger partial charge in [-0.15, -0.1) is 0 Å². The highest BCUT2D eigenvalue weighted by molar-refractivity contribution is 7.52. The highest BCUT2D eigenvalue weighted by Crippen LogP contribution is 2.48. The smallest absolute Gasteiger partial charge is 0.480 e. The number of hydrogen-bond donors (Lipinski definition) is 3. The first kappa shape index (κ1) is 31.0. The number of halogens is 1. The van der Waals surface area contributed by atoms with Crippen LogP contribution in [0.2, 0.25) is 0 Å². The Balaban J connectivity index is 1.93. The number of nitrogens with zero attached hydrogens (tertiary/aromatic N) is 1. The van der Waals surface area contributed by atoms with E-state index in [-0.39, 0.29) is 5.75 Å². The van der Waals surface area contributed by atoms with E-state index in [4.69, 9.17) is 23.3 Å². The van der Waals surface area contributed by atoms with Crippen LogP contribution in [0.15, 0.2) is 52.2 Å². The number of benzene rings is 1. The molecular weight excluding hydrogens is 556 g/mol. The number of carboxylic acid groups (broad SMARTS) is 1. The summed E-state index contributed by atoms with van der Waals surface area (Å²) in [6.07, 6.45) is -5.30. The maximum absolute atomic E-state index is 16.3. The predicted molar refractivity (Wildman–Crippen MR) is 137 cm³/mol. The molecule has 0 unspecified atom stereocenters. The maximum atomic E-state index is 16.3. The van der Waals surface area contributed by atoms with Crippen LogP contribution in [0.25, 0.3) is 0 Å². The number of hydrogen-bond acceptors (Lipinski definition) is 10. The third-order valence-corrected chi connectivity index (χ3v) is 7.14. The van der Waals surface area contributed by atoms with Gasteiger partial charge in [0.1, 0.15) is 23.5 Å². The molecule has 0 bridgehead atoms. The van der Waals surface area contributed by atoms with Gasteiger partial charge in [-0.25, -0.2) is 18.5 Å². The summed E-state index contributed by atoms with van der Waals surface area (Å²) >= 11 is 0. The molecule has 0 amide bonds. The van der Waals surface area contributed by atoms with Crippen molar-refractivity contribution in [1.29, 1.82) is 0 Å². The highest BCUT2D eigenvalue weighted by Gasteiger charge is 2.59. The number of carbonyl (C=O) groups is 2. The molecule has 40 heavy (non-hydrogen) atoms. The third-order valence-electron chi connectivity index (χ3n) is 5.50. The van der Waals surface area contributed by atoms with Crippen molar-refractivity contribution in [2.24, 2.45) is 0 Å². The molecular formula is C24H31FN3O11P. The summed E-state index contributed by atoms with van der Waals surface area (Å²) in [5.41, 5.74) is -5.35. The van der Waals surface area contributed by atoms with Gasteiger partial charge in [0.2, 0.25) is 0 Å². The van der Waals surface area contributed by atoms with Crippen LogP contribution in [0.4, 0.5) is 9.18 Å². The lowest BCUT2D eigenvalue weighted by Crippen LogP contribution is -2.46. The Morgan fingerprint density at radius 3 is 2.48 bits per heavy atom. The lowest BCUT2D eigenvalue weighted by molar-refractivity contribution is -0.138. The summed E-state index contributed by atoms with van der Waals surface area (Å²) in [5.74, 6) is -1.30. The first-order chi connectivity index (χ1) is 18.5. The molecule has 0 aliphatic carbocycles. The van der Waals surface area contributed by atoms with E-state index < -0.39 is 73.5 Å². The number of rotatable bonds is 10. The molecule has 1 aliphatic heterocycles. The second-order valence-corrected chi connectivity index (χ2v) is 11.8. The van der Waals surface area contributed by atoms with Crippen molar-refractivity contribution in [3.05, 3.63) is 63.4 Å². The highest BCUT2D eigenvalue weighted by atomic mass is 31.2. The fraction of sp³-hybridized carbons (Fsp3) is 0.500. The zero-order chi connectivity index (χ0) is 29.9. The van der Waals surface area contributed by atoms with Crippen LogP contribution in [0.5, 0.6) is 5.75 Å². The number of para-hydroxylation sites is 1. The van der Waals surface area contributed by atoms with Crippen molar-refractivity contribution < 1.29 is 46.9 Å². The van der Waals surface area contributed by atoms with Gasteiger partial charge < -0.3 is 23.8 Å². The van der Waals surface area contributed by atoms with Gasteiger partial charge in [-0.05, 0) is 46.8 Å². The number of nitrogens with one attached hydrogen (secondary N) is 2. The molecule has 220 valence electrons. The monoisotopic (exact) mass is 587 g/mol. The average Bonchev–Trinajstić information content (AvgIpc) is 3.06. The van der Waals surface area contributed by atoms with Crippen LogP contribution in [-0.4, -0.2) is 62.9 Å². The molecule has 3 N–H and O–H groups in total. The zero-order valence-electron chi connectivity index (χ0n) is 22.4. The molecule has 1 aliphatic rings. The van der Waals surface area contributed by atoms with Crippen molar-refractivity contribution in [2.75, 3.05) is 6.61 Å². The Labute approximate surface area is 227 Å². The van der Waals surface area contributed by atoms with Gasteiger partial charge in [0.15, 0.2) is 18.0 Å². The molecule has 0 spiro atoms. The van der Waals surface area contributed by atoms with Crippen molar-refractivity contribution in [3.8, 4) is 5.75 Å². The lowest BCUT2D eigenvalue weighted by atomic mass is 9.98. The van der Waals surface area contributed by atoms with E-state index in [1.165, 1.54) is 19.1 Å². The van der Waals surface area contributed by atoms with Crippen LogP contribution in [0.3, 0.4) is 0 Å². The van der Waals surface area contributed by atoms with Gasteiger partial charge in [-0.3, -0.25) is 23.7 Å². The second kappa shape index (κ2) is 11.9. The molecule has 0 saturated carbocycles. The second-order valence-electron chi connectivity index (χ2n) is 10.1. The molecule has 2 aromatic rings. The van der Waals surface area contributed by atoms with Crippen LogP contribution >= 0.6 is 7.75 Å². The van der Waals surface area contributed by atoms with Gasteiger partial charge in [-0.1, -0.05) is 18.2 Å². The van der Waals surface area contributed by atoms with E-state index in [0.29, 0.717) is 0 Å². The van der Waals surface area contributed by atoms with E-state index in [2.05, 4.69) is 5.09 Å². The summed E-state index contributed by atoms with van der Waals surface area (Å²) in [7, 11) is -4.47. The van der Waals surface area contributed by atoms with E-state index in [9.17, 15) is 28.8 Å². The van der Waals surface area contributed by atoms with Gasteiger partial charge in [0, 0.05) is 12.3 Å². The summed E-state index contributed by atoms with van der Waals surface area (Å²) in [4.78, 5) is 49.8. The van der Waals surface area contributed by atoms with Crippen LogP contribution in [0.1, 0.15) is 40.8 Å². The number of carboxylic acids is 1. The zero-order valence-corrected chi connectivity index (χ0v) is 23.3. The van der Waals surface area contributed by atoms with Crippen molar-refractivity contribution in [1.82, 2.24) is 14.6 Å². The summed E-state index contributed by atoms with van der Waals surface area (Å²) in [6, 6.07) is 7.28. The topological polar surface area (TPSA) is 184 Å². The molecule has 2 heterocycles. The van der Waals surface area contributed by atoms with Gasteiger partial charge in [0.05, 0.1) is 6.61 Å². The van der Waals surface area contributed by atoms with Crippen LogP contribution in [0, 0.1) is 0 Å². The molecule has 3 rings (SSSR count). The Kier molecular flexibility index (Phi) is 9.24. The molecule has 0 radical (unpaired) electrons. The Morgan fingerprint density at radius 1 is 1.25 bits per heavy atom. The van der Waals surface area contributed by atoms with Crippen molar-refractivity contribution in [3.63, 3.8) is 0 Å². The third kappa shape index (κ3) is 7.78. The summed E-state index contributed by atoms with van der Waals surface area (Å²) < 4.78 is 57.6. The van der Waals surface area contributed by atoms with Gasteiger partial charge in [-0.2, -0.15) is 5.09 Å². The maximum Gasteiger partial charge on any atom is 0.509 e. The Morgan fingerprint density at radius 2 is 1.90 bits per heavy atom. The quantitative estimate of drug-likeness (QED) is 0.273. The number of carbonyl (C=O) groups excluding carboxylic acids is 1. The Hall–Kier alpha value is -3.52. The number of aliphatic carboxylic acids is 1. The number of aromatic nitrogens is 2. The van der Waals surface area contributed by atoms with E-state index in [1.54, 1.807) is 39.0 Å². The number of H-pyrrole nitrogens is 1. The largest absolute Gasteiger partial charge is 0.509 e. The molecule has 14 nitrogen and oxygen atoms in total. The van der Waals surface area contributed by atoms with E-state index in [1.807, 2.05) is 4.98 Å². The minimum atomic E-state index is -4.47. The number of ether oxygens (including phenoxy) is 3. The average molecular weight is 587 g/mol. The van der Waals surface area contributed by atoms with Gasteiger partial charge >= 0.3 is 25.6 Å². The predicted octanol–water partition coefficient (Wildman–Crippen LogP) is 2.75. The first-order valence-corrected chi connectivity index (χ1v) is 13.6. The Bertz CT molecular complexity index is 1370. The number of alkyl halides is 1. The minimum absolute atomic E-state index is 0.0674. The van der Waals surface area contributed by atoms with Crippen molar-refractivity contribution >= 4 is 19.9 Å². The van der Waals surface area contributed by atoms with Crippen LogP contribution in [-0.2, 0) is 28.1 Å². The molecule has 1 aromatic heterocycles. The normalized spacial score (nSPS) is 25.0. The van der Waals surface area contributed by atoms with Crippen molar-refractivity contribution in [2.45, 2.75) is 70.4 Å². The molecule has 1 aromatic carbocycles. The SMILES string of the molecule is C[C@H](N[P@](=O)(OC[C@H]1O[C@@H](n2ccc(=O)[nH]c2=O)[C@](C)(F)[C@@H]1OC(=O)OC(C)(C)C)Oc1ccccc1)C(=O)O. The first-order valence-electron chi connectivity index (χ1n) is 12.1.